The third kappa shape index (κ3) is 3.82. The zero-order valence-corrected chi connectivity index (χ0v) is 14.9. The first-order valence-electron chi connectivity index (χ1n) is 7.78. The van der Waals surface area contributed by atoms with Crippen LogP contribution >= 0.6 is 0 Å². The summed E-state index contributed by atoms with van der Waals surface area (Å²) in [7, 11) is 0. The van der Waals surface area contributed by atoms with E-state index < -0.39 is 11.9 Å². The summed E-state index contributed by atoms with van der Waals surface area (Å²) in [5.74, 6) is -1.24. The van der Waals surface area contributed by atoms with Crippen LogP contribution in [0.1, 0.15) is 33.4 Å². The molecule has 0 aliphatic rings. The number of hydrogen-bond acceptors (Lipinski definition) is 4. The summed E-state index contributed by atoms with van der Waals surface area (Å²) in [6.07, 6.45) is 0. The average molecular weight is 326 g/mol. The Morgan fingerprint density at radius 3 is 1.08 bits per heavy atom. The Kier molecular flexibility index (Phi) is 5.07. The highest BCUT2D eigenvalue weighted by atomic mass is 16.6. The number of benzene rings is 2. The summed E-state index contributed by atoms with van der Waals surface area (Å²) in [6.45, 7) is 11.3. The first kappa shape index (κ1) is 17.7. The second-order valence-corrected chi connectivity index (χ2v) is 6.23. The molecule has 24 heavy (non-hydrogen) atoms. The summed E-state index contributed by atoms with van der Waals surface area (Å²) >= 11 is 0. The van der Waals surface area contributed by atoms with Gasteiger partial charge in [-0.1, -0.05) is 35.4 Å². The fourth-order valence-corrected chi connectivity index (χ4v) is 2.92. The summed E-state index contributed by atoms with van der Waals surface area (Å²) in [5.41, 5.74) is 5.34. The molecule has 0 unspecified atom stereocenters. The van der Waals surface area contributed by atoms with Crippen LogP contribution in [-0.4, -0.2) is 11.9 Å². The molecular weight excluding hydrogens is 304 g/mol. The molecule has 0 heterocycles. The number of hydrogen-bond donors (Lipinski definition) is 0. The molecule has 2 rings (SSSR count). The highest BCUT2D eigenvalue weighted by Gasteiger charge is 2.23. The van der Waals surface area contributed by atoms with Crippen molar-refractivity contribution in [3.8, 4) is 11.5 Å². The summed E-state index contributed by atoms with van der Waals surface area (Å²) in [6, 6.07) is 7.59. The van der Waals surface area contributed by atoms with Gasteiger partial charge >= 0.3 is 11.9 Å². The smallest absolute Gasteiger partial charge is 0.418 e. The summed E-state index contributed by atoms with van der Waals surface area (Å²) in [4.78, 5) is 24.2. The topological polar surface area (TPSA) is 52.6 Å². The van der Waals surface area contributed by atoms with Crippen molar-refractivity contribution in [1.29, 1.82) is 0 Å². The quantitative estimate of drug-likeness (QED) is 0.475. The number of esters is 2. The molecule has 0 spiro atoms. The van der Waals surface area contributed by atoms with Crippen molar-refractivity contribution in [3.63, 3.8) is 0 Å². The van der Waals surface area contributed by atoms with E-state index in [2.05, 4.69) is 0 Å². The minimum absolute atomic E-state index is 0.403. The summed E-state index contributed by atoms with van der Waals surface area (Å²) in [5, 5.41) is 0. The van der Waals surface area contributed by atoms with Crippen molar-refractivity contribution >= 4 is 11.9 Å². The van der Waals surface area contributed by atoms with Gasteiger partial charge in [-0.3, -0.25) is 0 Å². The Bertz CT molecular complexity index is 703. The first-order valence-corrected chi connectivity index (χ1v) is 7.78. The molecule has 0 amide bonds. The van der Waals surface area contributed by atoms with E-state index in [1.54, 1.807) is 0 Å². The van der Waals surface area contributed by atoms with Crippen molar-refractivity contribution in [2.45, 2.75) is 41.5 Å². The molecule has 0 bridgehead atoms. The van der Waals surface area contributed by atoms with Crippen LogP contribution in [0.25, 0.3) is 0 Å². The second-order valence-electron chi connectivity index (χ2n) is 6.23. The minimum atomic E-state index is -1.02. The lowest BCUT2D eigenvalue weighted by Gasteiger charge is -2.13. The van der Waals surface area contributed by atoms with E-state index in [0.717, 1.165) is 33.4 Å². The number of carbonyl (C=O) groups is 2. The van der Waals surface area contributed by atoms with Crippen molar-refractivity contribution < 1.29 is 19.1 Å². The van der Waals surface area contributed by atoms with Gasteiger partial charge in [-0.15, -0.1) is 0 Å². The van der Waals surface area contributed by atoms with Crippen molar-refractivity contribution in [3.05, 3.63) is 57.6 Å². The van der Waals surface area contributed by atoms with Crippen LogP contribution in [0, 0.1) is 41.5 Å². The van der Waals surface area contributed by atoms with Gasteiger partial charge < -0.3 is 9.47 Å². The van der Waals surface area contributed by atoms with Crippen molar-refractivity contribution in [2.24, 2.45) is 0 Å². The van der Waals surface area contributed by atoms with Crippen LogP contribution < -0.4 is 9.47 Å². The second kappa shape index (κ2) is 6.87. The number of carbonyl (C=O) groups excluding carboxylic acids is 2. The van der Waals surface area contributed by atoms with E-state index in [-0.39, 0.29) is 0 Å². The maximum absolute atomic E-state index is 12.1. The van der Waals surface area contributed by atoms with E-state index in [9.17, 15) is 9.59 Å². The predicted molar refractivity (Wildman–Crippen MR) is 92.6 cm³/mol. The van der Waals surface area contributed by atoms with Crippen LogP contribution in [0.15, 0.2) is 24.3 Å². The fourth-order valence-electron chi connectivity index (χ4n) is 2.92. The van der Waals surface area contributed by atoms with E-state index in [1.807, 2.05) is 65.8 Å². The van der Waals surface area contributed by atoms with Gasteiger partial charge in [0.15, 0.2) is 0 Å². The number of rotatable bonds is 2. The standard InChI is InChI=1S/C20H22O4/c1-11-7-13(3)17(14(4)8-11)23-19(21)20(22)24-18-15(5)9-12(2)10-16(18)6/h7-10H,1-6H3. The molecule has 0 aromatic heterocycles. The Labute approximate surface area is 142 Å². The maximum Gasteiger partial charge on any atom is 0.423 e. The molecule has 2 aromatic carbocycles. The van der Waals surface area contributed by atoms with Gasteiger partial charge in [-0.2, -0.15) is 0 Å². The highest BCUT2D eigenvalue weighted by Crippen LogP contribution is 2.26. The van der Waals surface area contributed by atoms with Crippen LogP contribution in [0.5, 0.6) is 11.5 Å². The molecule has 4 heteroatoms. The molecule has 0 atom stereocenters. The Morgan fingerprint density at radius 2 is 0.833 bits per heavy atom. The Hall–Kier alpha value is -2.62. The van der Waals surface area contributed by atoms with Crippen LogP contribution in [-0.2, 0) is 9.59 Å². The maximum atomic E-state index is 12.1. The Morgan fingerprint density at radius 1 is 0.583 bits per heavy atom. The van der Waals surface area contributed by atoms with Crippen molar-refractivity contribution in [1.82, 2.24) is 0 Å². The van der Waals surface area contributed by atoms with E-state index in [1.165, 1.54) is 0 Å². The largest absolute Gasteiger partial charge is 0.423 e. The molecule has 0 saturated carbocycles. The van der Waals surface area contributed by atoms with Gasteiger partial charge in [0, 0.05) is 0 Å². The van der Waals surface area contributed by atoms with E-state index in [0.29, 0.717) is 11.5 Å². The molecule has 0 saturated heterocycles. The molecule has 0 fully saturated rings. The predicted octanol–water partition coefficient (Wildman–Crippen LogP) is 4.05. The SMILES string of the molecule is Cc1cc(C)c(OC(=O)C(=O)Oc2c(C)cc(C)cc2C)c(C)c1. The van der Waals surface area contributed by atoms with Gasteiger partial charge in [0.2, 0.25) is 0 Å². The van der Waals surface area contributed by atoms with E-state index in [4.69, 9.17) is 9.47 Å². The van der Waals surface area contributed by atoms with Crippen LogP contribution in [0.4, 0.5) is 0 Å². The van der Waals surface area contributed by atoms with Gasteiger partial charge in [0.25, 0.3) is 0 Å². The molecule has 0 N–H and O–H groups in total. The van der Waals surface area contributed by atoms with Crippen LogP contribution in [0.3, 0.4) is 0 Å². The molecule has 126 valence electrons. The van der Waals surface area contributed by atoms with Gasteiger partial charge in [0.1, 0.15) is 11.5 Å². The summed E-state index contributed by atoms with van der Waals surface area (Å²) < 4.78 is 10.5. The zero-order valence-electron chi connectivity index (χ0n) is 14.9. The van der Waals surface area contributed by atoms with Crippen LogP contribution in [0.2, 0.25) is 0 Å². The third-order valence-electron chi connectivity index (χ3n) is 3.77. The molecular formula is C20H22O4. The monoisotopic (exact) mass is 326 g/mol. The fraction of sp³-hybridized carbons (Fsp3) is 0.300. The van der Waals surface area contributed by atoms with Gasteiger partial charge in [-0.05, 0) is 63.8 Å². The lowest BCUT2D eigenvalue weighted by molar-refractivity contribution is -0.156. The Balaban J connectivity index is 2.19. The first-order chi connectivity index (χ1) is 11.2. The average Bonchev–Trinajstić information content (AvgIpc) is 2.46. The third-order valence-corrected chi connectivity index (χ3v) is 3.77. The molecule has 4 nitrogen and oxygen atoms in total. The minimum Gasteiger partial charge on any atom is -0.418 e. The van der Waals surface area contributed by atoms with E-state index >= 15 is 0 Å². The highest BCUT2D eigenvalue weighted by molar-refractivity contribution is 6.31. The molecule has 0 aliphatic heterocycles. The molecule has 0 aliphatic carbocycles. The normalized spacial score (nSPS) is 10.4. The lowest BCUT2D eigenvalue weighted by atomic mass is 10.1. The van der Waals surface area contributed by atoms with Gasteiger partial charge in [0.05, 0.1) is 0 Å². The van der Waals surface area contributed by atoms with Crippen molar-refractivity contribution in [2.75, 3.05) is 0 Å². The lowest BCUT2D eigenvalue weighted by Crippen LogP contribution is -2.26. The zero-order chi connectivity index (χ0) is 18.0. The molecule has 0 radical (unpaired) electrons. The number of ether oxygens (including phenoxy) is 2. The van der Waals surface area contributed by atoms with Gasteiger partial charge in [-0.25, -0.2) is 9.59 Å². The molecule has 2 aromatic rings. The number of aryl methyl sites for hydroxylation is 6.